The van der Waals surface area contributed by atoms with Crippen molar-refractivity contribution in [2.75, 3.05) is 19.6 Å². The fraction of sp³-hybridized carbons (Fsp3) is 1.00. The van der Waals surface area contributed by atoms with E-state index in [0.717, 1.165) is 19.6 Å². The van der Waals surface area contributed by atoms with Gasteiger partial charge in [-0.3, -0.25) is 0 Å². The first-order valence-corrected chi connectivity index (χ1v) is 12.3. The van der Waals surface area contributed by atoms with E-state index < -0.39 is 0 Å². The normalized spacial score (nSPS) is 9.64. The third-order valence-corrected chi connectivity index (χ3v) is 4.67. The summed E-state index contributed by atoms with van der Waals surface area (Å²) in [6, 6.07) is 0. The summed E-state index contributed by atoms with van der Waals surface area (Å²) in [6.07, 6.45) is 24.2. The van der Waals surface area contributed by atoms with Crippen LogP contribution in [0.25, 0.3) is 0 Å². The van der Waals surface area contributed by atoms with Gasteiger partial charge in [0.1, 0.15) is 0 Å². The fourth-order valence-electron chi connectivity index (χ4n) is 2.77. The molecule has 0 heterocycles. The Kier molecular flexibility index (Phi) is 53.3. The Balaban J connectivity index is -0.000000152. The minimum absolute atomic E-state index is 0. The first-order chi connectivity index (χ1) is 13.2. The molecule has 0 fully saturated rings. The summed E-state index contributed by atoms with van der Waals surface area (Å²) in [5.74, 6) is 0. The number of rotatable bonds is 18. The summed E-state index contributed by atoms with van der Waals surface area (Å²) in [5.41, 5.74) is 16.0. The molecule has 0 amide bonds. The molecule has 28 heavy (non-hydrogen) atoms. The van der Waals surface area contributed by atoms with Crippen LogP contribution in [-0.2, 0) is 17.1 Å². The van der Waals surface area contributed by atoms with Crippen LogP contribution in [0.4, 0.5) is 0 Å². The zero-order valence-corrected chi connectivity index (χ0v) is 20.8. The van der Waals surface area contributed by atoms with Gasteiger partial charge in [-0.1, -0.05) is 117 Å². The molecule has 179 valence electrons. The van der Waals surface area contributed by atoms with E-state index in [4.69, 9.17) is 17.2 Å². The molecular weight excluding hydrogens is 394 g/mol. The Morgan fingerprint density at radius 1 is 0.321 bits per heavy atom. The van der Waals surface area contributed by atoms with Crippen molar-refractivity contribution in [3.63, 3.8) is 0 Å². The van der Waals surface area contributed by atoms with Crippen LogP contribution in [0.5, 0.6) is 0 Å². The van der Waals surface area contributed by atoms with Crippen molar-refractivity contribution in [3.05, 3.63) is 0 Å². The van der Waals surface area contributed by atoms with Crippen molar-refractivity contribution < 1.29 is 17.1 Å². The standard InChI is InChI=1S/3C8H19N.Cu/c3*1-2-3-4-5-6-7-8-9;/h3*2-9H2,1H3;. The maximum absolute atomic E-state index is 5.34. The van der Waals surface area contributed by atoms with Gasteiger partial charge in [0, 0.05) is 17.1 Å². The Morgan fingerprint density at radius 2 is 0.500 bits per heavy atom. The number of nitrogens with two attached hydrogens (primary N) is 3. The molecule has 0 saturated carbocycles. The molecule has 4 heteroatoms. The van der Waals surface area contributed by atoms with Crippen molar-refractivity contribution in [2.45, 2.75) is 136 Å². The summed E-state index contributed by atoms with van der Waals surface area (Å²) >= 11 is 0. The van der Waals surface area contributed by atoms with E-state index in [-0.39, 0.29) is 17.1 Å². The Labute approximate surface area is 190 Å². The smallest absolute Gasteiger partial charge is 0 e. The van der Waals surface area contributed by atoms with Gasteiger partial charge in [0.25, 0.3) is 0 Å². The monoisotopic (exact) mass is 450 g/mol. The van der Waals surface area contributed by atoms with Crippen LogP contribution in [0.1, 0.15) is 136 Å². The number of hydrogen-bond acceptors (Lipinski definition) is 3. The van der Waals surface area contributed by atoms with Crippen LogP contribution >= 0.6 is 0 Å². The molecule has 0 aromatic carbocycles. The first-order valence-electron chi connectivity index (χ1n) is 12.3. The molecule has 1 radical (unpaired) electrons. The second-order valence-corrected chi connectivity index (χ2v) is 7.67. The maximum Gasteiger partial charge on any atom is 0 e. The van der Waals surface area contributed by atoms with E-state index in [1.807, 2.05) is 0 Å². The second kappa shape index (κ2) is 41.7. The largest absolute Gasteiger partial charge is 0.330 e. The number of hydrogen-bond donors (Lipinski definition) is 3. The van der Waals surface area contributed by atoms with Crippen molar-refractivity contribution in [1.29, 1.82) is 0 Å². The summed E-state index contributed by atoms with van der Waals surface area (Å²) < 4.78 is 0. The predicted molar refractivity (Wildman–Crippen MR) is 127 cm³/mol. The molecule has 0 saturated heterocycles. The minimum Gasteiger partial charge on any atom is -0.330 e. The molecule has 6 N–H and O–H groups in total. The molecule has 0 aliphatic carbocycles. The zero-order valence-electron chi connectivity index (χ0n) is 19.9. The summed E-state index contributed by atoms with van der Waals surface area (Å²) in [6.45, 7) is 9.32. The van der Waals surface area contributed by atoms with Gasteiger partial charge in [0.05, 0.1) is 0 Å². The van der Waals surface area contributed by atoms with Crippen LogP contribution in [-0.4, -0.2) is 19.6 Å². The van der Waals surface area contributed by atoms with Gasteiger partial charge in [0.15, 0.2) is 0 Å². The van der Waals surface area contributed by atoms with E-state index in [1.54, 1.807) is 0 Å². The van der Waals surface area contributed by atoms with Crippen LogP contribution in [0.15, 0.2) is 0 Å². The third kappa shape index (κ3) is 50.3. The van der Waals surface area contributed by atoms with E-state index in [0.29, 0.717) is 0 Å². The Morgan fingerprint density at radius 3 is 0.679 bits per heavy atom. The molecular formula is C24H57CuN3. The first kappa shape index (κ1) is 35.8. The van der Waals surface area contributed by atoms with E-state index in [2.05, 4.69) is 20.8 Å². The van der Waals surface area contributed by atoms with E-state index in [9.17, 15) is 0 Å². The quantitative estimate of drug-likeness (QED) is 0.156. The second-order valence-electron chi connectivity index (χ2n) is 7.67. The molecule has 3 nitrogen and oxygen atoms in total. The van der Waals surface area contributed by atoms with Gasteiger partial charge in [-0.15, -0.1) is 0 Å². The van der Waals surface area contributed by atoms with Crippen LogP contribution in [0.2, 0.25) is 0 Å². The van der Waals surface area contributed by atoms with Gasteiger partial charge in [-0.2, -0.15) is 0 Å². The van der Waals surface area contributed by atoms with E-state index >= 15 is 0 Å². The van der Waals surface area contributed by atoms with Crippen LogP contribution in [0, 0.1) is 0 Å². The summed E-state index contributed by atoms with van der Waals surface area (Å²) in [4.78, 5) is 0. The average Bonchev–Trinajstić information content (AvgIpc) is 2.69. The molecule has 0 unspecified atom stereocenters. The van der Waals surface area contributed by atoms with Crippen LogP contribution in [0.3, 0.4) is 0 Å². The van der Waals surface area contributed by atoms with Crippen molar-refractivity contribution in [3.8, 4) is 0 Å². The Hall–Kier alpha value is 0.399. The molecule has 0 aromatic rings. The molecule has 0 spiro atoms. The molecule has 0 aliphatic heterocycles. The van der Waals surface area contributed by atoms with Gasteiger partial charge in [0.2, 0.25) is 0 Å². The Bertz CT molecular complexity index is 153. The molecule has 0 rings (SSSR count). The third-order valence-electron chi connectivity index (χ3n) is 4.67. The van der Waals surface area contributed by atoms with Gasteiger partial charge < -0.3 is 17.2 Å². The predicted octanol–water partition coefficient (Wildman–Crippen LogP) is 6.91. The average molecular weight is 451 g/mol. The fourth-order valence-corrected chi connectivity index (χ4v) is 2.77. The summed E-state index contributed by atoms with van der Waals surface area (Å²) in [7, 11) is 0. The zero-order chi connectivity index (χ0) is 20.8. The molecule has 0 bridgehead atoms. The summed E-state index contributed by atoms with van der Waals surface area (Å²) in [5, 5.41) is 0. The SMILES string of the molecule is CCCCCCCCN.CCCCCCCCN.CCCCCCCCN.[Cu]. The molecule has 0 aliphatic rings. The van der Waals surface area contributed by atoms with Gasteiger partial charge in [-0.05, 0) is 38.9 Å². The molecule has 0 atom stereocenters. The molecule has 0 aromatic heterocycles. The van der Waals surface area contributed by atoms with Crippen molar-refractivity contribution in [1.82, 2.24) is 0 Å². The van der Waals surface area contributed by atoms with Crippen molar-refractivity contribution >= 4 is 0 Å². The van der Waals surface area contributed by atoms with E-state index in [1.165, 1.54) is 116 Å². The van der Waals surface area contributed by atoms with Gasteiger partial charge >= 0.3 is 0 Å². The topological polar surface area (TPSA) is 78.1 Å². The number of unbranched alkanes of at least 4 members (excludes halogenated alkanes) is 15. The minimum atomic E-state index is 0. The van der Waals surface area contributed by atoms with Crippen molar-refractivity contribution in [2.24, 2.45) is 17.2 Å². The van der Waals surface area contributed by atoms with Gasteiger partial charge in [-0.25, -0.2) is 0 Å². The maximum atomic E-state index is 5.34. The van der Waals surface area contributed by atoms with Crippen LogP contribution < -0.4 is 17.2 Å².